The highest BCUT2D eigenvalue weighted by Gasteiger charge is 2.36. The molecule has 0 aromatic carbocycles. The molecule has 3 fully saturated rings. The van der Waals surface area contributed by atoms with Crippen molar-refractivity contribution in [3.05, 3.63) is 0 Å². The summed E-state index contributed by atoms with van der Waals surface area (Å²) in [5.74, 6) is 0.264. The van der Waals surface area contributed by atoms with Crippen molar-refractivity contribution >= 4 is 17.7 Å². The van der Waals surface area contributed by atoms with Gasteiger partial charge in [0.05, 0.1) is 5.92 Å². The van der Waals surface area contributed by atoms with Crippen LogP contribution in [0.2, 0.25) is 0 Å². The van der Waals surface area contributed by atoms with Crippen LogP contribution in [0.5, 0.6) is 0 Å². The lowest BCUT2D eigenvalue weighted by Crippen LogP contribution is -2.51. The summed E-state index contributed by atoms with van der Waals surface area (Å²) in [5.41, 5.74) is 0. The summed E-state index contributed by atoms with van der Waals surface area (Å²) in [6, 6.07) is 0.322. The molecule has 1 atom stereocenters. The lowest BCUT2D eigenvalue weighted by molar-refractivity contribution is -0.145. The van der Waals surface area contributed by atoms with Gasteiger partial charge >= 0.3 is 0 Å². The van der Waals surface area contributed by atoms with Crippen molar-refractivity contribution in [3.63, 3.8) is 0 Å². The summed E-state index contributed by atoms with van der Waals surface area (Å²) in [6.07, 6.45) is 8.56. The molecule has 1 aliphatic carbocycles. The quantitative estimate of drug-likeness (QED) is 0.773. The highest BCUT2D eigenvalue weighted by Crippen LogP contribution is 2.28. The number of likely N-dealkylation sites (tertiary alicyclic amines) is 1. The molecule has 2 heterocycles. The van der Waals surface area contributed by atoms with Crippen LogP contribution in [0.25, 0.3) is 0 Å². The second-order valence-corrected chi connectivity index (χ2v) is 7.35. The molecule has 2 aliphatic heterocycles. The number of nitrogens with one attached hydrogen (secondary N) is 1. The van der Waals surface area contributed by atoms with Gasteiger partial charge in [0.15, 0.2) is 0 Å². The lowest BCUT2D eigenvalue weighted by atomic mass is 9.93. The van der Waals surface area contributed by atoms with Crippen LogP contribution in [-0.4, -0.2) is 59.7 Å². The maximum absolute atomic E-state index is 12.9. The van der Waals surface area contributed by atoms with E-state index in [2.05, 4.69) is 5.32 Å². The van der Waals surface area contributed by atoms with Gasteiger partial charge < -0.3 is 15.1 Å². The number of hydrogen-bond acceptors (Lipinski definition) is 3. The molecule has 6 heteroatoms. The van der Waals surface area contributed by atoms with Crippen LogP contribution in [0.4, 0.5) is 0 Å². The van der Waals surface area contributed by atoms with Gasteiger partial charge in [-0.2, -0.15) is 0 Å². The van der Waals surface area contributed by atoms with Crippen molar-refractivity contribution < 1.29 is 14.4 Å². The average Bonchev–Trinajstić information content (AvgIpc) is 2.97. The summed E-state index contributed by atoms with van der Waals surface area (Å²) in [6.45, 7) is 2.18. The molecular weight excluding hydrogens is 306 g/mol. The minimum absolute atomic E-state index is 0.0178. The summed E-state index contributed by atoms with van der Waals surface area (Å²) in [4.78, 5) is 40.5. The number of carbonyl (C=O) groups excluding carboxylic acids is 3. The molecule has 134 valence electrons. The van der Waals surface area contributed by atoms with Crippen molar-refractivity contribution in [3.8, 4) is 0 Å². The van der Waals surface area contributed by atoms with Crippen LogP contribution < -0.4 is 5.32 Å². The van der Waals surface area contributed by atoms with Crippen LogP contribution >= 0.6 is 0 Å². The van der Waals surface area contributed by atoms with E-state index in [0.717, 1.165) is 12.8 Å². The molecule has 0 aromatic rings. The SMILES string of the molecule is O=C1CCN(C(=O)[C@@H]2CCC(=O)N(C3CCCCCC3)C2)CCN1. The van der Waals surface area contributed by atoms with Gasteiger partial charge in [-0.05, 0) is 19.3 Å². The van der Waals surface area contributed by atoms with Gasteiger partial charge in [0.1, 0.15) is 0 Å². The summed E-state index contributed by atoms with van der Waals surface area (Å²) in [7, 11) is 0. The Bertz CT molecular complexity index is 486. The molecule has 3 amide bonds. The fourth-order valence-corrected chi connectivity index (χ4v) is 4.24. The Balaban J connectivity index is 1.62. The van der Waals surface area contributed by atoms with E-state index in [1.165, 1.54) is 25.7 Å². The highest BCUT2D eigenvalue weighted by molar-refractivity contribution is 5.85. The molecule has 1 saturated carbocycles. The minimum atomic E-state index is -0.0980. The first-order valence-electron chi connectivity index (χ1n) is 9.50. The highest BCUT2D eigenvalue weighted by atomic mass is 16.2. The van der Waals surface area contributed by atoms with Crippen LogP contribution in [0, 0.1) is 5.92 Å². The zero-order valence-corrected chi connectivity index (χ0v) is 14.5. The third-order valence-electron chi connectivity index (χ3n) is 5.68. The number of hydrogen-bond donors (Lipinski definition) is 1. The van der Waals surface area contributed by atoms with Crippen LogP contribution in [-0.2, 0) is 14.4 Å². The van der Waals surface area contributed by atoms with E-state index in [1.807, 2.05) is 9.80 Å². The maximum Gasteiger partial charge on any atom is 0.227 e. The van der Waals surface area contributed by atoms with Crippen LogP contribution in [0.3, 0.4) is 0 Å². The number of piperidine rings is 1. The van der Waals surface area contributed by atoms with Gasteiger partial charge in [-0.3, -0.25) is 14.4 Å². The smallest absolute Gasteiger partial charge is 0.227 e. The molecule has 2 saturated heterocycles. The van der Waals surface area contributed by atoms with Crippen molar-refractivity contribution in [2.45, 2.75) is 63.8 Å². The molecule has 0 spiro atoms. The topological polar surface area (TPSA) is 69.7 Å². The minimum Gasteiger partial charge on any atom is -0.354 e. The van der Waals surface area contributed by atoms with E-state index in [1.54, 1.807) is 0 Å². The normalized spacial score (nSPS) is 27.4. The number of nitrogens with zero attached hydrogens (tertiary/aromatic N) is 2. The Morgan fingerprint density at radius 2 is 1.71 bits per heavy atom. The predicted molar refractivity (Wildman–Crippen MR) is 90.1 cm³/mol. The predicted octanol–water partition coefficient (Wildman–Crippen LogP) is 1.30. The van der Waals surface area contributed by atoms with E-state index >= 15 is 0 Å². The zero-order valence-electron chi connectivity index (χ0n) is 14.5. The van der Waals surface area contributed by atoms with E-state index in [0.29, 0.717) is 51.5 Å². The summed E-state index contributed by atoms with van der Waals surface area (Å²) in [5, 5.41) is 2.81. The van der Waals surface area contributed by atoms with Gasteiger partial charge in [0.25, 0.3) is 0 Å². The van der Waals surface area contributed by atoms with E-state index in [4.69, 9.17) is 0 Å². The van der Waals surface area contributed by atoms with Crippen LogP contribution in [0.1, 0.15) is 57.8 Å². The monoisotopic (exact) mass is 335 g/mol. The standard InChI is InChI=1S/C18H29N3O3/c22-16-9-11-20(12-10-19-16)18(24)14-7-8-17(23)21(13-14)15-5-3-1-2-4-6-15/h14-15H,1-13H2,(H,19,22)/t14-/m1/s1. The third kappa shape index (κ3) is 4.08. The fraction of sp³-hybridized carbons (Fsp3) is 0.833. The van der Waals surface area contributed by atoms with Gasteiger partial charge in [-0.15, -0.1) is 0 Å². The fourth-order valence-electron chi connectivity index (χ4n) is 4.24. The van der Waals surface area contributed by atoms with E-state index < -0.39 is 0 Å². The Kier molecular flexibility index (Phi) is 5.74. The van der Waals surface area contributed by atoms with E-state index in [9.17, 15) is 14.4 Å². The number of carbonyl (C=O) groups is 3. The van der Waals surface area contributed by atoms with Gasteiger partial charge in [0.2, 0.25) is 17.7 Å². The number of rotatable bonds is 2. The second-order valence-electron chi connectivity index (χ2n) is 7.35. The molecule has 0 unspecified atom stereocenters. The summed E-state index contributed by atoms with van der Waals surface area (Å²) < 4.78 is 0. The van der Waals surface area contributed by atoms with Gasteiger partial charge in [-0.1, -0.05) is 25.7 Å². The first-order chi connectivity index (χ1) is 11.6. The molecular formula is C18H29N3O3. The van der Waals surface area contributed by atoms with Crippen molar-refractivity contribution in [1.82, 2.24) is 15.1 Å². The third-order valence-corrected chi connectivity index (χ3v) is 5.68. The van der Waals surface area contributed by atoms with Crippen molar-refractivity contribution in [2.24, 2.45) is 5.92 Å². The van der Waals surface area contributed by atoms with Crippen molar-refractivity contribution in [2.75, 3.05) is 26.2 Å². The summed E-state index contributed by atoms with van der Waals surface area (Å²) >= 11 is 0. The molecule has 3 rings (SSSR count). The Hall–Kier alpha value is -1.59. The van der Waals surface area contributed by atoms with Gasteiger partial charge in [0, 0.05) is 45.1 Å². The van der Waals surface area contributed by atoms with Crippen LogP contribution in [0.15, 0.2) is 0 Å². The average molecular weight is 335 g/mol. The lowest BCUT2D eigenvalue weighted by Gasteiger charge is -2.39. The molecule has 3 aliphatic rings. The zero-order chi connectivity index (χ0) is 16.9. The Morgan fingerprint density at radius 1 is 0.958 bits per heavy atom. The number of amides is 3. The second kappa shape index (κ2) is 7.99. The largest absolute Gasteiger partial charge is 0.354 e. The molecule has 6 nitrogen and oxygen atoms in total. The molecule has 0 aromatic heterocycles. The molecule has 24 heavy (non-hydrogen) atoms. The maximum atomic E-state index is 12.9. The van der Waals surface area contributed by atoms with Crippen molar-refractivity contribution in [1.29, 1.82) is 0 Å². The van der Waals surface area contributed by atoms with E-state index in [-0.39, 0.29) is 23.6 Å². The molecule has 0 bridgehead atoms. The first-order valence-corrected chi connectivity index (χ1v) is 9.50. The van der Waals surface area contributed by atoms with Gasteiger partial charge in [-0.25, -0.2) is 0 Å². The molecule has 1 N–H and O–H groups in total. The Morgan fingerprint density at radius 3 is 2.46 bits per heavy atom. The molecule has 0 radical (unpaired) electrons. The first kappa shape index (κ1) is 17.2. The Labute approximate surface area is 143 Å².